The topological polar surface area (TPSA) is 0 Å². The standard InChI is InChI=1S/C22H25I/c1-16-7-5-4-6-8-18-9-10-19(15-21(18)22(16,2)3)17-11-13-20(23)14-12-17/h5,7,9-11,13,15H,1,4,6,8,12,14H2,2-3H3/b7-5-. The van der Waals surface area contributed by atoms with Gasteiger partial charge in [0.2, 0.25) is 0 Å². The molecule has 0 spiro atoms. The lowest BCUT2D eigenvalue weighted by Crippen LogP contribution is -2.21. The Hall–Kier alpha value is -1.09. The zero-order chi connectivity index (χ0) is 16.4. The second-order valence-corrected chi connectivity index (χ2v) is 8.51. The molecule has 2 aliphatic carbocycles. The molecule has 0 saturated heterocycles. The summed E-state index contributed by atoms with van der Waals surface area (Å²) in [6.07, 6.45) is 14.9. The van der Waals surface area contributed by atoms with Crippen molar-refractivity contribution >= 4 is 28.2 Å². The van der Waals surface area contributed by atoms with Gasteiger partial charge in [0.05, 0.1) is 0 Å². The molecule has 1 aromatic carbocycles. The van der Waals surface area contributed by atoms with Gasteiger partial charge in [-0.2, -0.15) is 0 Å². The van der Waals surface area contributed by atoms with Crippen LogP contribution in [0.3, 0.4) is 0 Å². The molecule has 3 rings (SSSR count). The van der Waals surface area contributed by atoms with Crippen LogP contribution >= 0.6 is 22.6 Å². The predicted octanol–water partition coefficient (Wildman–Crippen LogP) is 6.91. The van der Waals surface area contributed by atoms with E-state index in [1.165, 1.54) is 44.3 Å². The Balaban J connectivity index is 2.07. The lowest BCUT2D eigenvalue weighted by Gasteiger charge is -2.29. The molecule has 0 atom stereocenters. The van der Waals surface area contributed by atoms with E-state index in [2.05, 4.69) is 85.5 Å². The van der Waals surface area contributed by atoms with Crippen LogP contribution in [-0.4, -0.2) is 0 Å². The van der Waals surface area contributed by atoms with Gasteiger partial charge >= 0.3 is 0 Å². The van der Waals surface area contributed by atoms with Crippen LogP contribution in [0.5, 0.6) is 0 Å². The SMILES string of the molecule is C=C1/C=C\CCCc2ccc(C3=CC=C(I)CC3)cc2C1(C)C. The van der Waals surface area contributed by atoms with E-state index in [1.807, 2.05) is 0 Å². The van der Waals surface area contributed by atoms with E-state index < -0.39 is 0 Å². The first-order valence-electron chi connectivity index (χ1n) is 8.53. The molecule has 0 fully saturated rings. The van der Waals surface area contributed by atoms with Gasteiger partial charge in [0.15, 0.2) is 0 Å². The van der Waals surface area contributed by atoms with Gasteiger partial charge < -0.3 is 0 Å². The summed E-state index contributed by atoms with van der Waals surface area (Å²) >= 11 is 2.44. The van der Waals surface area contributed by atoms with Crippen LogP contribution in [0.25, 0.3) is 5.57 Å². The Morgan fingerprint density at radius 3 is 2.65 bits per heavy atom. The normalized spacial score (nSPS) is 22.1. The summed E-state index contributed by atoms with van der Waals surface area (Å²) in [6.45, 7) is 8.97. The minimum Gasteiger partial charge on any atom is -0.0950 e. The van der Waals surface area contributed by atoms with E-state index in [0.29, 0.717) is 0 Å². The third-order valence-corrected chi connectivity index (χ3v) is 6.09. The largest absolute Gasteiger partial charge is 0.0950 e. The highest BCUT2D eigenvalue weighted by Gasteiger charge is 2.26. The predicted molar refractivity (Wildman–Crippen MR) is 110 cm³/mol. The smallest absolute Gasteiger partial charge is 0.0143 e. The molecule has 0 saturated carbocycles. The highest BCUT2D eigenvalue weighted by Crippen LogP contribution is 2.38. The number of hydrogen-bond donors (Lipinski definition) is 0. The van der Waals surface area contributed by atoms with Crippen LogP contribution in [0.15, 0.2) is 58.2 Å². The van der Waals surface area contributed by atoms with Gasteiger partial charge in [-0.25, -0.2) is 0 Å². The summed E-state index contributed by atoms with van der Waals surface area (Å²) in [5.74, 6) is 0. The van der Waals surface area contributed by atoms with Crippen molar-refractivity contribution in [2.45, 2.75) is 51.4 Å². The van der Waals surface area contributed by atoms with Crippen LogP contribution < -0.4 is 0 Å². The average Bonchev–Trinajstić information content (AvgIpc) is 2.59. The van der Waals surface area contributed by atoms with E-state index in [4.69, 9.17) is 0 Å². The number of benzene rings is 1. The minimum absolute atomic E-state index is 0.00826. The molecule has 2 aliphatic rings. The molecule has 1 heteroatoms. The molecule has 1 aromatic rings. The number of allylic oxidation sites excluding steroid dienone is 7. The van der Waals surface area contributed by atoms with Gasteiger partial charge in [0, 0.05) is 5.41 Å². The van der Waals surface area contributed by atoms with E-state index >= 15 is 0 Å². The van der Waals surface area contributed by atoms with E-state index in [-0.39, 0.29) is 5.41 Å². The maximum absolute atomic E-state index is 4.35. The first kappa shape index (κ1) is 16.8. The van der Waals surface area contributed by atoms with E-state index in [1.54, 1.807) is 0 Å². The number of aryl methyl sites for hydroxylation is 1. The Morgan fingerprint density at radius 1 is 1.09 bits per heavy atom. The molecule has 120 valence electrons. The Labute approximate surface area is 154 Å². The van der Waals surface area contributed by atoms with Crippen molar-refractivity contribution in [2.24, 2.45) is 0 Å². The molecule has 23 heavy (non-hydrogen) atoms. The maximum Gasteiger partial charge on any atom is 0.0143 e. The lowest BCUT2D eigenvalue weighted by atomic mass is 9.74. The first-order valence-corrected chi connectivity index (χ1v) is 9.61. The summed E-state index contributed by atoms with van der Waals surface area (Å²) in [7, 11) is 0. The van der Waals surface area contributed by atoms with Crippen molar-refractivity contribution in [1.82, 2.24) is 0 Å². The second-order valence-electron chi connectivity index (χ2n) is 7.12. The molecule has 0 bridgehead atoms. The molecule has 0 N–H and O–H groups in total. The molecular weight excluding hydrogens is 391 g/mol. The zero-order valence-electron chi connectivity index (χ0n) is 14.2. The van der Waals surface area contributed by atoms with Crippen molar-refractivity contribution in [2.75, 3.05) is 0 Å². The van der Waals surface area contributed by atoms with Crippen LogP contribution in [0, 0.1) is 0 Å². The maximum atomic E-state index is 4.35. The molecule has 0 nitrogen and oxygen atoms in total. The summed E-state index contributed by atoms with van der Waals surface area (Å²) in [5, 5.41) is 0. The number of hydrogen-bond acceptors (Lipinski definition) is 0. The van der Waals surface area contributed by atoms with Crippen LogP contribution in [-0.2, 0) is 11.8 Å². The Kier molecular flexibility index (Phi) is 4.96. The summed E-state index contributed by atoms with van der Waals surface area (Å²) in [4.78, 5) is 0. The van der Waals surface area contributed by atoms with Gasteiger partial charge in [-0.15, -0.1) is 0 Å². The molecular formula is C22H25I. The Morgan fingerprint density at radius 2 is 1.91 bits per heavy atom. The molecule has 0 amide bonds. The molecule has 0 radical (unpaired) electrons. The molecule has 0 unspecified atom stereocenters. The summed E-state index contributed by atoms with van der Waals surface area (Å²) in [5.41, 5.74) is 7.00. The van der Waals surface area contributed by atoms with Crippen LogP contribution in [0.2, 0.25) is 0 Å². The highest BCUT2D eigenvalue weighted by atomic mass is 127. The van der Waals surface area contributed by atoms with Crippen LogP contribution in [0.4, 0.5) is 0 Å². The Bertz CT molecular complexity index is 713. The fourth-order valence-electron chi connectivity index (χ4n) is 3.45. The van der Waals surface area contributed by atoms with Gasteiger partial charge in [-0.05, 0) is 86.1 Å². The summed E-state index contributed by atoms with van der Waals surface area (Å²) in [6, 6.07) is 7.10. The molecule has 0 aromatic heterocycles. The third kappa shape index (κ3) is 3.55. The molecule has 0 heterocycles. The van der Waals surface area contributed by atoms with Gasteiger partial charge in [-0.3, -0.25) is 0 Å². The van der Waals surface area contributed by atoms with Crippen LogP contribution in [0.1, 0.15) is 56.2 Å². The van der Waals surface area contributed by atoms with Gasteiger partial charge in [-0.1, -0.05) is 62.9 Å². The fraction of sp³-hybridized carbons (Fsp3) is 0.364. The quantitative estimate of drug-likeness (QED) is 0.437. The fourth-order valence-corrected chi connectivity index (χ4v) is 3.90. The van der Waals surface area contributed by atoms with Crippen molar-refractivity contribution < 1.29 is 0 Å². The monoisotopic (exact) mass is 416 g/mol. The minimum atomic E-state index is -0.00826. The van der Waals surface area contributed by atoms with E-state index in [9.17, 15) is 0 Å². The van der Waals surface area contributed by atoms with Crippen molar-refractivity contribution in [3.05, 3.63) is 74.9 Å². The van der Waals surface area contributed by atoms with Crippen molar-refractivity contribution in [3.8, 4) is 0 Å². The third-order valence-electron chi connectivity index (χ3n) is 5.19. The highest BCUT2D eigenvalue weighted by molar-refractivity contribution is 14.1. The van der Waals surface area contributed by atoms with Crippen molar-refractivity contribution in [3.63, 3.8) is 0 Å². The number of rotatable bonds is 1. The molecule has 0 aliphatic heterocycles. The number of halogens is 1. The first-order chi connectivity index (χ1) is 11.0. The average molecular weight is 416 g/mol. The van der Waals surface area contributed by atoms with Gasteiger partial charge in [0.25, 0.3) is 0 Å². The zero-order valence-corrected chi connectivity index (χ0v) is 16.3. The van der Waals surface area contributed by atoms with Crippen molar-refractivity contribution in [1.29, 1.82) is 0 Å². The number of fused-ring (bicyclic) bond motifs is 1. The van der Waals surface area contributed by atoms with E-state index in [0.717, 1.165) is 19.3 Å². The van der Waals surface area contributed by atoms with Gasteiger partial charge in [0.1, 0.15) is 0 Å². The second kappa shape index (κ2) is 6.80. The lowest BCUT2D eigenvalue weighted by molar-refractivity contribution is 0.632. The summed E-state index contributed by atoms with van der Waals surface area (Å²) < 4.78 is 1.45.